The lowest BCUT2D eigenvalue weighted by Gasteiger charge is -2.05. The third-order valence-corrected chi connectivity index (χ3v) is 3.83. The number of carbonyl (C=O) groups excluding carboxylic acids is 1. The standard InChI is InChI=1S/C15H10BrClN2O2/c16-11-7-9(17)1-3-12(11)19-15(20)14-6-8-5-10(18)2-4-13(8)21-14/h1-7H,18H2,(H,19,20). The van der Waals surface area contributed by atoms with Crippen molar-refractivity contribution in [1.29, 1.82) is 0 Å². The van der Waals surface area contributed by atoms with E-state index in [0.29, 0.717) is 26.5 Å². The molecule has 0 aliphatic rings. The number of furan rings is 1. The van der Waals surface area contributed by atoms with E-state index in [1.165, 1.54) is 0 Å². The van der Waals surface area contributed by atoms with Crippen LogP contribution in [0.1, 0.15) is 10.6 Å². The van der Waals surface area contributed by atoms with Crippen molar-refractivity contribution in [1.82, 2.24) is 0 Å². The summed E-state index contributed by atoms with van der Waals surface area (Å²) in [6.07, 6.45) is 0. The molecule has 0 fully saturated rings. The van der Waals surface area contributed by atoms with Crippen molar-refractivity contribution < 1.29 is 9.21 Å². The van der Waals surface area contributed by atoms with Gasteiger partial charge in [-0.2, -0.15) is 0 Å². The smallest absolute Gasteiger partial charge is 0.291 e. The Balaban J connectivity index is 1.89. The van der Waals surface area contributed by atoms with Gasteiger partial charge in [-0.25, -0.2) is 0 Å². The van der Waals surface area contributed by atoms with Crippen LogP contribution in [0.5, 0.6) is 0 Å². The Morgan fingerprint density at radius 3 is 2.76 bits per heavy atom. The summed E-state index contributed by atoms with van der Waals surface area (Å²) >= 11 is 9.21. The molecule has 4 nitrogen and oxygen atoms in total. The van der Waals surface area contributed by atoms with E-state index in [1.807, 2.05) is 0 Å². The van der Waals surface area contributed by atoms with Gasteiger partial charge < -0.3 is 15.5 Å². The molecule has 1 amide bonds. The van der Waals surface area contributed by atoms with Crippen LogP contribution in [0, 0.1) is 0 Å². The van der Waals surface area contributed by atoms with Crippen LogP contribution >= 0.6 is 27.5 Å². The number of fused-ring (bicyclic) bond motifs is 1. The average molecular weight is 366 g/mol. The number of nitrogens with two attached hydrogens (primary N) is 1. The summed E-state index contributed by atoms with van der Waals surface area (Å²) in [5.74, 6) is -0.120. The Bertz CT molecular complexity index is 845. The number of rotatable bonds is 2. The van der Waals surface area contributed by atoms with Crippen molar-refractivity contribution in [3.8, 4) is 0 Å². The summed E-state index contributed by atoms with van der Waals surface area (Å²) in [6, 6.07) is 12.0. The van der Waals surface area contributed by atoms with Crippen molar-refractivity contribution >= 4 is 55.8 Å². The first-order chi connectivity index (χ1) is 10.0. The Morgan fingerprint density at radius 1 is 1.19 bits per heavy atom. The fourth-order valence-corrected chi connectivity index (χ4v) is 2.73. The number of anilines is 2. The fraction of sp³-hybridized carbons (Fsp3) is 0. The molecule has 3 N–H and O–H groups in total. The molecule has 0 radical (unpaired) electrons. The number of hydrogen-bond donors (Lipinski definition) is 2. The zero-order chi connectivity index (χ0) is 15.0. The molecule has 2 aromatic carbocycles. The van der Waals surface area contributed by atoms with E-state index < -0.39 is 0 Å². The first kappa shape index (κ1) is 14.0. The Labute approximate surface area is 134 Å². The van der Waals surface area contributed by atoms with E-state index in [0.717, 1.165) is 5.39 Å². The third kappa shape index (κ3) is 2.89. The van der Waals surface area contributed by atoms with Crippen molar-refractivity contribution in [2.24, 2.45) is 0 Å². The highest BCUT2D eigenvalue weighted by atomic mass is 79.9. The molecule has 0 saturated carbocycles. The maximum atomic E-state index is 12.2. The lowest BCUT2D eigenvalue weighted by molar-refractivity contribution is 0.0998. The topological polar surface area (TPSA) is 68.3 Å². The van der Waals surface area contributed by atoms with E-state index in [9.17, 15) is 4.79 Å². The summed E-state index contributed by atoms with van der Waals surface area (Å²) in [7, 11) is 0. The molecule has 1 heterocycles. The maximum absolute atomic E-state index is 12.2. The van der Waals surface area contributed by atoms with Crippen LogP contribution in [0.2, 0.25) is 5.02 Å². The van der Waals surface area contributed by atoms with Gasteiger partial charge in [-0.3, -0.25) is 4.79 Å². The number of amides is 1. The monoisotopic (exact) mass is 364 g/mol. The minimum atomic E-state index is -0.340. The molecule has 1 aromatic heterocycles. The van der Waals surface area contributed by atoms with Crippen LogP contribution in [-0.2, 0) is 0 Å². The minimum Gasteiger partial charge on any atom is -0.451 e. The highest BCUT2D eigenvalue weighted by molar-refractivity contribution is 9.10. The van der Waals surface area contributed by atoms with E-state index in [4.69, 9.17) is 21.8 Å². The molecule has 21 heavy (non-hydrogen) atoms. The molecule has 0 saturated heterocycles. The van der Waals surface area contributed by atoms with Gasteiger partial charge in [0, 0.05) is 20.6 Å². The fourth-order valence-electron chi connectivity index (χ4n) is 1.95. The number of nitrogens with one attached hydrogen (secondary N) is 1. The zero-order valence-corrected chi connectivity index (χ0v) is 13.0. The molecule has 0 atom stereocenters. The van der Waals surface area contributed by atoms with E-state index >= 15 is 0 Å². The second-order valence-corrected chi connectivity index (χ2v) is 5.78. The molecule has 3 rings (SSSR count). The van der Waals surface area contributed by atoms with Gasteiger partial charge in [0.1, 0.15) is 5.58 Å². The van der Waals surface area contributed by atoms with Crippen LogP contribution in [0.15, 0.2) is 51.4 Å². The van der Waals surface area contributed by atoms with Crippen molar-refractivity contribution in [2.45, 2.75) is 0 Å². The van der Waals surface area contributed by atoms with Crippen molar-refractivity contribution in [3.05, 3.63) is 57.7 Å². The number of carbonyl (C=O) groups is 1. The quantitative estimate of drug-likeness (QED) is 0.648. The van der Waals surface area contributed by atoms with E-state index in [2.05, 4.69) is 21.2 Å². The summed E-state index contributed by atoms with van der Waals surface area (Å²) in [5.41, 5.74) is 7.56. The zero-order valence-electron chi connectivity index (χ0n) is 10.7. The lowest BCUT2D eigenvalue weighted by Crippen LogP contribution is -2.11. The summed E-state index contributed by atoms with van der Waals surface area (Å²) < 4.78 is 6.21. The number of nitrogen functional groups attached to an aromatic ring is 1. The predicted octanol–water partition coefficient (Wildman–Crippen LogP) is 4.68. The Kier molecular flexibility index (Phi) is 3.61. The van der Waals surface area contributed by atoms with Crippen LogP contribution in [0.4, 0.5) is 11.4 Å². The summed E-state index contributed by atoms with van der Waals surface area (Å²) in [5, 5.41) is 4.13. The predicted molar refractivity (Wildman–Crippen MR) is 87.7 cm³/mol. The van der Waals surface area contributed by atoms with Gasteiger partial charge in [0.15, 0.2) is 5.76 Å². The largest absolute Gasteiger partial charge is 0.451 e. The van der Waals surface area contributed by atoms with Crippen LogP contribution in [0.25, 0.3) is 11.0 Å². The molecule has 106 valence electrons. The molecular weight excluding hydrogens is 356 g/mol. The van der Waals surface area contributed by atoms with Crippen molar-refractivity contribution in [3.63, 3.8) is 0 Å². The second-order valence-electron chi connectivity index (χ2n) is 4.49. The maximum Gasteiger partial charge on any atom is 0.291 e. The van der Waals surface area contributed by atoms with Gasteiger partial charge in [-0.1, -0.05) is 11.6 Å². The minimum absolute atomic E-state index is 0.220. The SMILES string of the molecule is Nc1ccc2oc(C(=O)Nc3ccc(Cl)cc3Br)cc2c1. The van der Waals surface area contributed by atoms with Gasteiger partial charge in [0.05, 0.1) is 5.69 Å². The summed E-state index contributed by atoms with van der Waals surface area (Å²) in [6.45, 7) is 0. The highest BCUT2D eigenvalue weighted by Crippen LogP contribution is 2.27. The molecule has 0 bridgehead atoms. The van der Waals surface area contributed by atoms with Gasteiger partial charge in [0.2, 0.25) is 0 Å². The molecule has 0 unspecified atom stereocenters. The molecule has 0 spiro atoms. The molecular formula is C15H10BrClN2O2. The Hall–Kier alpha value is -1.98. The number of halogens is 2. The van der Waals surface area contributed by atoms with Gasteiger partial charge in [-0.05, 0) is 58.4 Å². The molecule has 3 aromatic rings. The van der Waals surface area contributed by atoms with Crippen LogP contribution in [0.3, 0.4) is 0 Å². The molecule has 0 aliphatic carbocycles. The normalized spacial score (nSPS) is 10.8. The third-order valence-electron chi connectivity index (χ3n) is 2.94. The molecule has 0 aliphatic heterocycles. The highest BCUT2D eigenvalue weighted by Gasteiger charge is 2.14. The van der Waals surface area contributed by atoms with E-state index in [-0.39, 0.29) is 11.7 Å². The lowest BCUT2D eigenvalue weighted by atomic mass is 10.2. The van der Waals surface area contributed by atoms with Crippen molar-refractivity contribution in [2.75, 3.05) is 11.1 Å². The van der Waals surface area contributed by atoms with Gasteiger partial charge in [0.25, 0.3) is 5.91 Å². The number of hydrogen-bond acceptors (Lipinski definition) is 3. The molecule has 6 heteroatoms. The van der Waals surface area contributed by atoms with Gasteiger partial charge >= 0.3 is 0 Å². The number of benzene rings is 2. The first-order valence-electron chi connectivity index (χ1n) is 6.08. The summed E-state index contributed by atoms with van der Waals surface area (Å²) in [4.78, 5) is 12.2. The Morgan fingerprint density at radius 2 is 2.00 bits per heavy atom. The second kappa shape index (κ2) is 5.42. The van der Waals surface area contributed by atoms with Crippen LogP contribution < -0.4 is 11.1 Å². The van der Waals surface area contributed by atoms with E-state index in [1.54, 1.807) is 42.5 Å². The average Bonchev–Trinajstić information content (AvgIpc) is 2.85. The van der Waals surface area contributed by atoms with Gasteiger partial charge in [-0.15, -0.1) is 0 Å². The first-order valence-corrected chi connectivity index (χ1v) is 7.25. The van der Waals surface area contributed by atoms with Crippen LogP contribution in [-0.4, -0.2) is 5.91 Å².